The Bertz CT molecular complexity index is 1900. The van der Waals surface area contributed by atoms with Crippen molar-refractivity contribution in [1.82, 2.24) is 0 Å². The molecule has 53 heavy (non-hydrogen) atoms. The van der Waals surface area contributed by atoms with Crippen molar-refractivity contribution in [1.29, 1.82) is 5.39 Å². The van der Waals surface area contributed by atoms with Crippen molar-refractivity contribution in [2.45, 2.75) is 48.5 Å². The van der Waals surface area contributed by atoms with Gasteiger partial charge in [0.25, 0.3) is 0 Å². The molecule has 0 radical (unpaired) electrons. The molecule has 14 nitrogen and oxygen atoms in total. The monoisotopic (exact) mass is 745 g/mol. The number of phenols is 5. The summed E-state index contributed by atoms with van der Waals surface area (Å²) in [6.45, 7) is 13.0. The fraction of sp³-hybridized carbons (Fsp3) is 0.189. The molecule has 0 aliphatic heterocycles. The number of hydrogen-bond donors (Lipinski definition) is 6. The summed E-state index contributed by atoms with van der Waals surface area (Å²) in [6.07, 6.45) is 0. The molecule has 8 N–H and O–H groups in total. The van der Waals surface area contributed by atoms with Gasteiger partial charge in [0.1, 0.15) is 28.7 Å². The SMILES string of the molecule is Cc1cc(C)cc(O)c1.Cc1cc(N)ccc1O.Cc1cc(N=Nc2c(C)cc(O)cc2C)ccc1O.Cc1cc([N+]#N)ccc1O.O=N[O-].[Na+].[Na+].[OH-]. The summed E-state index contributed by atoms with van der Waals surface area (Å²) in [4.78, 5) is 11.0. The van der Waals surface area contributed by atoms with Gasteiger partial charge in [-0.2, -0.15) is 10.2 Å². The minimum Gasteiger partial charge on any atom is -0.870 e. The second-order valence-electron chi connectivity index (χ2n) is 11.1. The first-order valence-electron chi connectivity index (χ1n) is 14.9. The van der Waals surface area contributed by atoms with Crippen LogP contribution in [0.5, 0.6) is 28.7 Å². The average Bonchev–Trinajstić information content (AvgIpc) is 3.02. The Labute approximate surface area is 353 Å². The Morgan fingerprint density at radius 1 is 0.585 bits per heavy atom. The number of diazo groups is 1. The summed E-state index contributed by atoms with van der Waals surface area (Å²) in [5, 5.41) is 71.6. The van der Waals surface area contributed by atoms with Crippen molar-refractivity contribution in [3.63, 3.8) is 0 Å². The van der Waals surface area contributed by atoms with E-state index in [-0.39, 0.29) is 81.8 Å². The molecule has 0 atom stereocenters. The van der Waals surface area contributed by atoms with Crippen LogP contribution >= 0.6 is 0 Å². The van der Waals surface area contributed by atoms with Crippen molar-refractivity contribution in [3.8, 4) is 28.7 Å². The number of anilines is 1. The van der Waals surface area contributed by atoms with Gasteiger partial charge in [0.2, 0.25) is 5.39 Å². The molecule has 16 heteroatoms. The third-order valence-electron chi connectivity index (χ3n) is 6.64. The molecule has 0 aliphatic carbocycles. The van der Waals surface area contributed by atoms with E-state index in [1.54, 1.807) is 73.7 Å². The normalized spacial score (nSPS) is 9.09. The summed E-state index contributed by atoms with van der Waals surface area (Å²) < 4.78 is 0. The minimum absolute atomic E-state index is 0. The number of nitrogens with two attached hydrogens (primary N) is 1. The van der Waals surface area contributed by atoms with E-state index < -0.39 is 0 Å². The molecule has 0 fully saturated rings. The molecule has 5 aromatic carbocycles. The molecular weight excluding hydrogens is 702 g/mol. The Hall–Kier alpha value is -4.72. The third-order valence-corrected chi connectivity index (χ3v) is 6.64. The van der Waals surface area contributed by atoms with Gasteiger partial charge in [-0.1, -0.05) is 6.07 Å². The molecule has 0 heterocycles. The maximum atomic E-state index is 9.47. The molecule has 0 aromatic heterocycles. The molecular formula is C37H43N6Na2O8+. The number of rotatable bonds is 2. The van der Waals surface area contributed by atoms with Crippen molar-refractivity contribution in [2.24, 2.45) is 15.6 Å². The first-order chi connectivity index (χ1) is 23.5. The quantitative estimate of drug-likeness (QED) is 0.0288. The van der Waals surface area contributed by atoms with E-state index in [1.165, 1.54) is 12.1 Å². The third kappa shape index (κ3) is 20.2. The van der Waals surface area contributed by atoms with Crippen LogP contribution in [0.4, 0.5) is 22.7 Å². The van der Waals surface area contributed by atoms with Crippen LogP contribution in [-0.4, -0.2) is 31.0 Å². The predicted molar refractivity (Wildman–Crippen MR) is 198 cm³/mol. The van der Waals surface area contributed by atoms with Crippen LogP contribution < -0.4 is 64.8 Å². The Balaban J connectivity index is -0.000000635. The van der Waals surface area contributed by atoms with Crippen LogP contribution in [0.25, 0.3) is 4.98 Å². The number of azo groups is 1. The number of aryl methyl sites for hydroxylation is 7. The summed E-state index contributed by atoms with van der Waals surface area (Å²) in [7, 11) is 0. The first kappa shape index (κ1) is 52.6. The second kappa shape index (κ2) is 27.0. The smallest absolute Gasteiger partial charge is 0.870 e. The Morgan fingerprint density at radius 2 is 1.00 bits per heavy atom. The first-order valence-corrected chi connectivity index (χ1v) is 14.9. The van der Waals surface area contributed by atoms with Crippen LogP contribution in [0.1, 0.15) is 38.9 Å². The van der Waals surface area contributed by atoms with Crippen LogP contribution in [0, 0.1) is 64.0 Å². The zero-order valence-electron chi connectivity index (χ0n) is 31.4. The average molecular weight is 746 g/mol. The summed E-state index contributed by atoms with van der Waals surface area (Å²) in [5.74, 6) is 1.34. The van der Waals surface area contributed by atoms with Crippen molar-refractivity contribution >= 4 is 22.7 Å². The van der Waals surface area contributed by atoms with Gasteiger partial charge >= 0.3 is 64.8 Å². The summed E-state index contributed by atoms with van der Waals surface area (Å²) >= 11 is 0. The standard InChI is InChI=1S/C15H16N2O2.C8H10O.C7H6N2O.C7H9NO.HNO2.2Na.H2O/c1-9-6-12(4-5-14(9)19)16-17-15-10(2)7-13(18)8-11(15)3;1-6-3-7(2)5-8(9)4-6;1-5-4-6(9-8)2-3-7(5)10;1-5-4-6(8)2-3-7(5)9;2-1-3;;;/h4-8,18-19H,1-3H3;3-5,9H,1-2H3;2-4H,1H3;2-4,9H,8H2,1H3;(H,2,3);;;1H2/q;;;;;2*+1;/p-1. The number of aromatic hydroxyl groups is 5. The number of nitrogen functional groups attached to an aromatic ring is 1. The van der Waals surface area contributed by atoms with Gasteiger partial charge < -0.3 is 46.9 Å². The van der Waals surface area contributed by atoms with E-state index in [1.807, 2.05) is 47.6 Å². The van der Waals surface area contributed by atoms with Crippen LogP contribution in [0.3, 0.4) is 0 Å². The van der Waals surface area contributed by atoms with Gasteiger partial charge in [0, 0.05) is 17.8 Å². The van der Waals surface area contributed by atoms with Crippen molar-refractivity contribution in [2.75, 3.05) is 5.73 Å². The maximum Gasteiger partial charge on any atom is 1.00 e. The summed E-state index contributed by atoms with van der Waals surface area (Å²) in [6, 6.07) is 23.5. The largest absolute Gasteiger partial charge is 1.00 e. The molecule has 0 aliphatic rings. The number of phenolic OH excluding ortho intramolecular Hbond substituents is 5. The molecule has 0 spiro atoms. The number of benzene rings is 5. The van der Waals surface area contributed by atoms with Crippen molar-refractivity contribution in [3.05, 3.63) is 139 Å². The van der Waals surface area contributed by atoms with E-state index >= 15 is 0 Å². The van der Waals surface area contributed by atoms with Gasteiger partial charge in [-0.05, 0) is 154 Å². The topological polar surface area (TPSA) is 263 Å². The fourth-order valence-electron chi connectivity index (χ4n) is 4.23. The van der Waals surface area contributed by atoms with E-state index in [2.05, 4.69) is 15.2 Å². The number of hydrogen-bond acceptors (Lipinski definition) is 13. The van der Waals surface area contributed by atoms with Crippen LogP contribution in [-0.2, 0) is 0 Å². The van der Waals surface area contributed by atoms with Gasteiger partial charge in [-0.25, -0.2) is 0 Å². The minimum atomic E-state index is 0. The Morgan fingerprint density at radius 3 is 1.40 bits per heavy atom. The molecule has 0 amide bonds. The van der Waals surface area contributed by atoms with Gasteiger partial charge in [-0.15, -0.1) is 5.34 Å². The molecule has 0 bridgehead atoms. The Kier molecular flexibility index (Phi) is 26.8. The van der Waals surface area contributed by atoms with Crippen LogP contribution in [0.2, 0.25) is 0 Å². The second-order valence-corrected chi connectivity index (χ2v) is 11.1. The van der Waals surface area contributed by atoms with E-state index in [0.29, 0.717) is 34.1 Å². The predicted octanol–water partition coefficient (Wildman–Crippen LogP) is 4.00. The van der Waals surface area contributed by atoms with E-state index in [9.17, 15) is 10.2 Å². The van der Waals surface area contributed by atoms with E-state index in [0.717, 1.165) is 44.4 Å². The zero-order chi connectivity index (χ0) is 38.0. The van der Waals surface area contributed by atoms with Gasteiger partial charge in [-0.3, -0.25) is 0 Å². The van der Waals surface area contributed by atoms with Crippen molar-refractivity contribution < 1.29 is 90.1 Å². The van der Waals surface area contributed by atoms with E-state index in [4.69, 9.17) is 36.6 Å². The van der Waals surface area contributed by atoms with Gasteiger partial charge in [0.15, 0.2) is 4.98 Å². The summed E-state index contributed by atoms with van der Waals surface area (Å²) in [5.41, 5.74) is 14.2. The molecule has 0 unspecified atom stereocenters. The molecule has 0 saturated carbocycles. The number of nitrogens with zero attached hydrogens (tertiary/aromatic N) is 5. The zero-order valence-corrected chi connectivity index (χ0v) is 35.4. The maximum absolute atomic E-state index is 9.47. The molecule has 5 rings (SSSR count). The molecule has 5 aromatic rings. The van der Waals surface area contributed by atoms with Crippen LogP contribution in [0.15, 0.2) is 100 Å². The molecule has 270 valence electrons. The van der Waals surface area contributed by atoms with Gasteiger partial charge in [0.05, 0.1) is 11.4 Å². The molecule has 0 saturated heterocycles. The fourth-order valence-corrected chi connectivity index (χ4v) is 4.23.